The van der Waals surface area contributed by atoms with E-state index in [0.29, 0.717) is 16.8 Å². The number of nitro benzene ring substituents is 1. The maximum atomic E-state index is 14.6. The van der Waals surface area contributed by atoms with Crippen LogP contribution in [-0.4, -0.2) is 10.5 Å². The van der Waals surface area contributed by atoms with E-state index < -0.39 is 4.92 Å². The van der Waals surface area contributed by atoms with Crippen molar-refractivity contribution in [3.05, 3.63) is 64.0 Å². The Hall–Kier alpha value is -2.69. The molecule has 0 radical (unpaired) electrons. The minimum atomic E-state index is -0.451. The number of nitrogens with zero attached hydrogens (tertiary/aromatic N) is 1. The monoisotopic (exact) mass is 312 g/mol. The SMILES string of the molecule is CC1=CC(C)(C)Nc2c(F)cc(-c3cccc([N+](=O)[O-])c3)cc21. The molecule has 23 heavy (non-hydrogen) atoms. The lowest BCUT2D eigenvalue weighted by molar-refractivity contribution is -0.384. The fourth-order valence-electron chi connectivity index (χ4n) is 2.99. The molecule has 0 unspecified atom stereocenters. The second-order valence-electron chi connectivity index (χ2n) is 6.36. The van der Waals surface area contributed by atoms with Gasteiger partial charge in [-0.25, -0.2) is 4.39 Å². The maximum absolute atomic E-state index is 14.6. The summed E-state index contributed by atoms with van der Waals surface area (Å²) in [5, 5.41) is 14.1. The Kier molecular flexibility index (Phi) is 3.43. The first-order valence-electron chi connectivity index (χ1n) is 7.33. The molecule has 1 N–H and O–H groups in total. The van der Waals surface area contributed by atoms with Crippen LogP contribution in [0.4, 0.5) is 15.8 Å². The number of hydrogen-bond acceptors (Lipinski definition) is 3. The summed E-state index contributed by atoms with van der Waals surface area (Å²) in [7, 11) is 0. The molecule has 0 spiro atoms. The molecule has 1 aliphatic heterocycles. The maximum Gasteiger partial charge on any atom is 0.270 e. The lowest BCUT2D eigenvalue weighted by Crippen LogP contribution is -2.32. The molecule has 0 fully saturated rings. The minimum absolute atomic E-state index is 0.00727. The van der Waals surface area contributed by atoms with Gasteiger partial charge in [0.1, 0.15) is 5.82 Å². The minimum Gasteiger partial charge on any atom is -0.374 e. The number of halogens is 1. The first-order chi connectivity index (χ1) is 10.8. The molecule has 0 saturated heterocycles. The van der Waals surface area contributed by atoms with Gasteiger partial charge in [-0.05, 0) is 49.6 Å². The van der Waals surface area contributed by atoms with Crippen molar-refractivity contribution in [3.8, 4) is 11.1 Å². The van der Waals surface area contributed by atoms with Gasteiger partial charge in [-0.3, -0.25) is 10.1 Å². The molecule has 2 aromatic carbocycles. The third kappa shape index (κ3) is 2.82. The zero-order valence-electron chi connectivity index (χ0n) is 13.2. The molecule has 118 valence electrons. The zero-order valence-corrected chi connectivity index (χ0v) is 13.2. The normalized spacial score (nSPS) is 15.4. The average Bonchev–Trinajstić information content (AvgIpc) is 2.47. The number of anilines is 1. The van der Waals surface area contributed by atoms with E-state index in [1.54, 1.807) is 12.1 Å². The smallest absolute Gasteiger partial charge is 0.270 e. The fourth-order valence-corrected chi connectivity index (χ4v) is 2.99. The van der Waals surface area contributed by atoms with E-state index in [1.807, 2.05) is 32.9 Å². The fraction of sp³-hybridized carbons (Fsp3) is 0.222. The van der Waals surface area contributed by atoms with E-state index in [0.717, 1.165) is 11.1 Å². The van der Waals surface area contributed by atoms with Crippen molar-refractivity contribution in [1.29, 1.82) is 0 Å². The second kappa shape index (κ2) is 5.19. The molecule has 4 nitrogen and oxygen atoms in total. The number of non-ortho nitro benzene ring substituents is 1. The highest BCUT2D eigenvalue weighted by molar-refractivity contribution is 5.84. The van der Waals surface area contributed by atoms with E-state index >= 15 is 0 Å². The standard InChI is InChI=1S/C18H17FN2O2/c1-11-10-18(2,3)20-17-15(11)8-13(9-16(17)19)12-5-4-6-14(7-12)21(22)23/h4-10,20H,1-3H3. The molecular formula is C18H17FN2O2. The van der Waals surface area contributed by atoms with Crippen LogP contribution in [0.5, 0.6) is 0 Å². The van der Waals surface area contributed by atoms with Gasteiger partial charge in [-0.2, -0.15) is 0 Å². The summed E-state index contributed by atoms with van der Waals surface area (Å²) in [5.41, 5.74) is 3.17. The summed E-state index contributed by atoms with van der Waals surface area (Å²) in [6, 6.07) is 9.52. The number of hydrogen-bond donors (Lipinski definition) is 1. The number of nitrogens with one attached hydrogen (secondary N) is 1. The Bertz CT molecular complexity index is 841. The molecule has 0 saturated carbocycles. The number of allylic oxidation sites excluding steroid dienone is 1. The average molecular weight is 312 g/mol. The Morgan fingerprint density at radius 3 is 2.61 bits per heavy atom. The van der Waals surface area contributed by atoms with Gasteiger partial charge in [0.05, 0.1) is 16.1 Å². The third-order valence-electron chi connectivity index (χ3n) is 3.93. The van der Waals surface area contributed by atoms with Gasteiger partial charge in [0.15, 0.2) is 0 Å². The molecule has 0 aliphatic carbocycles. The lowest BCUT2D eigenvalue weighted by Gasteiger charge is -2.32. The Morgan fingerprint density at radius 1 is 1.17 bits per heavy atom. The van der Waals surface area contributed by atoms with Crippen molar-refractivity contribution >= 4 is 16.9 Å². The van der Waals surface area contributed by atoms with Gasteiger partial charge in [-0.1, -0.05) is 18.2 Å². The van der Waals surface area contributed by atoms with Gasteiger partial charge in [0, 0.05) is 17.7 Å². The molecule has 0 amide bonds. The first-order valence-corrected chi connectivity index (χ1v) is 7.33. The van der Waals surface area contributed by atoms with Crippen LogP contribution in [-0.2, 0) is 0 Å². The van der Waals surface area contributed by atoms with Crippen molar-refractivity contribution < 1.29 is 9.31 Å². The molecule has 5 heteroatoms. The van der Waals surface area contributed by atoms with Crippen molar-refractivity contribution in [2.45, 2.75) is 26.3 Å². The summed E-state index contributed by atoms with van der Waals surface area (Å²) in [4.78, 5) is 10.5. The molecule has 1 heterocycles. The van der Waals surface area contributed by atoms with Crippen molar-refractivity contribution in [3.63, 3.8) is 0 Å². The zero-order chi connectivity index (χ0) is 16.8. The number of rotatable bonds is 2. The third-order valence-corrected chi connectivity index (χ3v) is 3.93. The van der Waals surface area contributed by atoms with Crippen LogP contribution < -0.4 is 5.32 Å². The number of benzene rings is 2. The van der Waals surface area contributed by atoms with Crippen molar-refractivity contribution in [2.24, 2.45) is 0 Å². The second-order valence-corrected chi connectivity index (χ2v) is 6.36. The summed E-state index contributed by atoms with van der Waals surface area (Å²) >= 11 is 0. The van der Waals surface area contributed by atoms with Gasteiger partial charge in [0.25, 0.3) is 5.69 Å². The van der Waals surface area contributed by atoms with Gasteiger partial charge in [-0.15, -0.1) is 0 Å². The molecule has 1 aliphatic rings. The molecule has 3 rings (SSSR count). The summed E-state index contributed by atoms with van der Waals surface area (Å²) < 4.78 is 14.6. The Balaban J connectivity index is 2.14. The topological polar surface area (TPSA) is 55.2 Å². The van der Waals surface area contributed by atoms with Crippen LogP contribution in [0.1, 0.15) is 26.3 Å². The predicted molar refractivity (Wildman–Crippen MR) is 89.8 cm³/mol. The van der Waals surface area contributed by atoms with E-state index in [4.69, 9.17) is 0 Å². The lowest BCUT2D eigenvalue weighted by atomic mass is 9.89. The van der Waals surface area contributed by atoms with Crippen molar-refractivity contribution in [1.82, 2.24) is 0 Å². The van der Waals surface area contributed by atoms with Crippen LogP contribution in [0.2, 0.25) is 0 Å². The molecule has 0 atom stereocenters. The van der Waals surface area contributed by atoms with E-state index in [9.17, 15) is 14.5 Å². The first kappa shape index (κ1) is 15.2. The summed E-state index contributed by atoms with van der Waals surface area (Å²) in [5.74, 6) is -0.357. The molecule has 2 aromatic rings. The molecule has 0 bridgehead atoms. The van der Waals surface area contributed by atoms with Crippen LogP contribution in [0.15, 0.2) is 42.5 Å². The Morgan fingerprint density at radius 2 is 1.91 bits per heavy atom. The van der Waals surface area contributed by atoms with Gasteiger partial charge >= 0.3 is 0 Å². The Labute approximate surface area is 133 Å². The van der Waals surface area contributed by atoms with Gasteiger partial charge in [0.2, 0.25) is 0 Å². The summed E-state index contributed by atoms with van der Waals surface area (Å²) in [6.07, 6.45) is 2.05. The highest BCUT2D eigenvalue weighted by atomic mass is 19.1. The predicted octanol–water partition coefficient (Wildman–Crippen LogP) is 5.01. The highest BCUT2D eigenvalue weighted by Gasteiger charge is 2.25. The van der Waals surface area contributed by atoms with E-state index in [1.165, 1.54) is 18.2 Å². The van der Waals surface area contributed by atoms with Crippen LogP contribution in [0, 0.1) is 15.9 Å². The summed E-state index contributed by atoms with van der Waals surface area (Å²) in [6.45, 7) is 5.90. The highest BCUT2D eigenvalue weighted by Crippen LogP contribution is 2.38. The van der Waals surface area contributed by atoms with Crippen molar-refractivity contribution in [2.75, 3.05) is 5.32 Å². The van der Waals surface area contributed by atoms with Crippen LogP contribution >= 0.6 is 0 Å². The molecular weight excluding hydrogens is 295 g/mol. The van der Waals surface area contributed by atoms with Gasteiger partial charge < -0.3 is 5.32 Å². The quantitative estimate of drug-likeness (QED) is 0.626. The molecule has 0 aromatic heterocycles. The number of nitro groups is 1. The van der Waals surface area contributed by atoms with E-state index in [-0.39, 0.29) is 17.0 Å². The number of fused-ring (bicyclic) bond motifs is 1. The van der Waals surface area contributed by atoms with Crippen LogP contribution in [0.25, 0.3) is 16.7 Å². The van der Waals surface area contributed by atoms with E-state index in [2.05, 4.69) is 5.32 Å². The largest absolute Gasteiger partial charge is 0.374 e. The van der Waals surface area contributed by atoms with Crippen LogP contribution in [0.3, 0.4) is 0 Å².